The Hall–Kier alpha value is -0.930. The maximum atomic E-state index is 11.9. The van der Waals surface area contributed by atoms with Crippen molar-refractivity contribution >= 4 is 35.0 Å². The van der Waals surface area contributed by atoms with Crippen molar-refractivity contribution in [2.45, 2.75) is 38.7 Å². The molecule has 0 aromatic heterocycles. The summed E-state index contributed by atoms with van der Waals surface area (Å²) in [6.45, 7) is 2.11. The lowest BCUT2D eigenvalue weighted by Crippen LogP contribution is -2.30. The average Bonchev–Trinajstić information content (AvgIpc) is 2.38. The van der Waals surface area contributed by atoms with Crippen LogP contribution in [0, 0.1) is 5.92 Å². The van der Waals surface area contributed by atoms with E-state index in [1.54, 1.807) is 18.2 Å². The lowest BCUT2D eigenvalue weighted by Gasteiger charge is -2.28. The molecule has 0 saturated heterocycles. The number of amides is 1. The molecule has 1 aliphatic carbocycles. The molecule has 3 nitrogen and oxygen atoms in total. The van der Waals surface area contributed by atoms with Crippen LogP contribution < -0.4 is 5.32 Å². The van der Waals surface area contributed by atoms with Crippen molar-refractivity contribution in [3.63, 3.8) is 0 Å². The lowest BCUT2D eigenvalue weighted by atomic mass is 9.88. The molecule has 5 heteroatoms. The largest absolute Gasteiger partial charge is 0.446 e. The van der Waals surface area contributed by atoms with Gasteiger partial charge in [-0.2, -0.15) is 0 Å². The molecule has 1 aromatic rings. The first kappa shape index (κ1) is 14.5. The Labute approximate surface area is 123 Å². The number of carbonyl (C=O) groups is 1. The van der Waals surface area contributed by atoms with Crippen molar-refractivity contribution in [2.24, 2.45) is 5.92 Å². The van der Waals surface area contributed by atoms with Gasteiger partial charge in [-0.05, 0) is 37.3 Å². The number of nitrogens with one attached hydrogen (secondary N) is 1. The highest BCUT2D eigenvalue weighted by Crippen LogP contribution is 2.30. The van der Waals surface area contributed by atoms with Crippen LogP contribution in [0.1, 0.15) is 32.6 Å². The van der Waals surface area contributed by atoms with Gasteiger partial charge in [0.15, 0.2) is 0 Å². The number of halogens is 2. The van der Waals surface area contributed by atoms with E-state index in [0.29, 0.717) is 21.7 Å². The molecule has 0 heterocycles. The van der Waals surface area contributed by atoms with Crippen LogP contribution in [0.25, 0.3) is 0 Å². The average molecular weight is 302 g/mol. The number of rotatable bonds is 2. The van der Waals surface area contributed by atoms with Gasteiger partial charge in [0.2, 0.25) is 0 Å². The first-order valence-electron chi connectivity index (χ1n) is 6.49. The summed E-state index contributed by atoms with van der Waals surface area (Å²) in [5.41, 5.74) is 0.475. The van der Waals surface area contributed by atoms with E-state index >= 15 is 0 Å². The van der Waals surface area contributed by atoms with Gasteiger partial charge in [0.1, 0.15) is 6.10 Å². The van der Waals surface area contributed by atoms with Gasteiger partial charge in [0.05, 0.1) is 15.7 Å². The van der Waals surface area contributed by atoms with E-state index in [-0.39, 0.29) is 6.10 Å². The summed E-state index contributed by atoms with van der Waals surface area (Å²) in [7, 11) is 0. The number of hydrogen-bond acceptors (Lipinski definition) is 2. The molecule has 1 aliphatic rings. The van der Waals surface area contributed by atoms with Crippen molar-refractivity contribution in [1.29, 1.82) is 0 Å². The molecule has 104 valence electrons. The van der Waals surface area contributed by atoms with Crippen LogP contribution in [0.15, 0.2) is 18.2 Å². The summed E-state index contributed by atoms with van der Waals surface area (Å²) >= 11 is 11.9. The van der Waals surface area contributed by atoms with Gasteiger partial charge in [-0.1, -0.05) is 42.6 Å². The first-order valence-corrected chi connectivity index (χ1v) is 7.25. The van der Waals surface area contributed by atoms with E-state index in [9.17, 15) is 4.79 Å². The molecular formula is C14H17Cl2NO2. The zero-order valence-corrected chi connectivity index (χ0v) is 12.3. The highest BCUT2D eigenvalue weighted by atomic mass is 35.5. The lowest BCUT2D eigenvalue weighted by molar-refractivity contribution is 0.0524. The Bertz CT molecular complexity index is 465. The topological polar surface area (TPSA) is 38.3 Å². The van der Waals surface area contributed by atoms with Crippen LogP contribution in [0.4, 0.5) is 10.5 Å². The Morgan fingerprint density at radius 1 is 1.32 bits per heavy atom. The first-order chi connectivity index (χ1) is 9.08. The number of anilines is 1. The standard InChI is InChI=1S/C14H17Cl2NO2/c1-9-5-2-3-8-12(9)19-14(18)17-11-7-4-6-10(15)13(11)16/h4,6-7,9,12H,2-3,5,8H2,1H3,(H,17,18)/t9-,12+/m1/s1. The fourth-order valence-electron chi connectivity index (χ4n) is 2.33. The third-order valence-corrected chi connectivity index (χ3v) is 4.30. The highest BCUT2D eigenvalue weighted by molar-refractivity contribution is 6.43. The van der Waals surface area contributed by atoms with Gasteiger partial charge < -0.3 is 4.74 Å². The minimum absolute atomic E-state index is 0.00768. The van der Waals surface area contributed by atoms with E-state index in [0.717, 1.165) is 19.3 Å². The fourth-order valence-corrected chi connectivity index (χ4v) is 2.68. The van der Waals surface area contributed by atoms with E-state index in [1.165, 1.54) is 6.42 Å². The Balaban J connectivity index is 1.95. The summed E-state index contributed by atoms with van der Waals surface area (Å²) in [6, 6.07) is 5.09. The molecule has 0 unspecified atom stereocenters. The molecule has 19 heavy (non-hydrogen) atoms. The zero-order valence-electron chi connectivity index (χ0n) is 10.8. The molecule has 0 aliphatic heterocycles. The van der Waals surface area contributed by atoms with Crippen LogP contribution in [-0.4, -0.2) is 12.2 Å². The van der Waals surface area contributed by atoms with Crippen LogP contribution in [0.3, 0.4) is 0 Å². The van der Waals surface area contributed by atoms with Crippen molar-refractivity contribution in [1.82, 2.24) is 0 Å². The van der Waals surface area contributed by atoms with E-state index < -0.39 is 6.09 Å². The van der Waals surface area contributed by atoms with Crippen molar-refractivity contribution in [3.05, 3.63) is 28.2 Å². The van der Waals surface area contributed by atoms with Crippen LogP contribution in [-0.2, 0) is 4.74 Å². The Morgan fingerprint density at radius 3 is 2.79 bits per heavy atom. The second-order valence-corrected chi connectivity index (χ2v) is 5.72. The minimum Gasteiger partial charge on any atom is -0.446 e. The summed E-state index contributed by atoms with van der Waals surface area (Å²) < 4.78 is 5.45. The molecule has 1 aromatic carbocycles. The van der Waals surface area contributed by atoms with Crippen LogP contribution in [0.2, 0.25) is 10.0 Å². The smallest absolute Gasteiger partial charge is 0.411 e. The number of hydrogen-bond donors (Lipinski definition) is 1. The van der Waals surface area contributed by atoms with Gasteiger partial charge in [0.25, 0.3) is 0 Å². The van der Waals surface area contributed by atoms with Crippen LogP contribution >= 0.6 is 23.2 Å². The molecule has 0 radical (unpaired) electrons. The monoisotopic (exact) mass is 301 g/mol. The molecule has 2 atom stereocenters. The maximum Gasteiger partial charge on any atom is 0.411 e. The van der Waals surface area contributed by atoms with E-state index in [1.807, 2.05) is 0 Å². The molecule has 1 amide bonds. The van der Waals surface area contributed by atoms with Crippen molar-refractivity contribution in [2.75, 3.05) is 5.32 Å². The SMILES string of the molecule is C[C@@H]1CCCC[C@@H]1OC(=O)Nc1cccc(Cl)c1Cl. The quantitative estimate of drug-likeness (QED) is 0.823. The molecule has 0 spiro atoms. The van der Waals surface area contributed by atoms with Crippen molar-refractivity contribution in [3.8, 4) is 0 Å². The molecule has 1 fully saturated rings. The van der Waals surface area contributed by atoms with E-state index in [4.69, 9.17) is 27.9 Å². The van der Waals surface area contributed by atoms with Gasteiger partial charge >= 0.3 is 6.09 Å². The normalized spacial score (nSPS) is 22.9. The summed E-state index contributed by atoms with van der Waals surface area (Å²) in [5, 5.41) is 3.38. The molecule has 2 rings (SSSR count). The molecular weight excluding hydrogens is 285 g/mol. The van der Waals surface area contributed by atoms with Gasteiger partial charge in [-0.25, -0.2) is 4.79 Å². The molecule has 1 saturated carbocycles. The Morgan fingerprint density at radius 2 is 2.05 bits per heavy atom. The summed E-state index contributed by atoms with van der Waals surface area (Å²) in [5.74, 6) is 0.411. The predicted octanol–water partition coefficient (Wildman–Crippen LogP) is 5.12. The minimum atomic E-state index is -0.470. The third kappa shape index (κ3) is 3.77. The second kappa shape index (κ2) is 6.49. The Kier molecular flexibility index (Phi) is 4.94. The number of carbonyl (C=O) groups excluding carboxylic acids is 1. The second-order valence-electron chi connectivity index (χ2n) is 4.93. The van der Waals surface area contributed by atoms with Crippen LogP contribution in [0.5, 0.6) is 0 Å². The fraction of sp³-hybridized carbons (Fsp3) is 0.500. The van der Waals surface area contributed by atoms with Crippen molar-refractivity contribution < 1.29 is 9.53 Å². The van der Waals surface area contributed by atoms with Gasteiger partial charge in [0, 0.05) is 0 Å². The predicted molar refractivity (Wildman–Crippen MR) is 78.0 cm³/mol. The van der Waals surface area contributed by atoms with Gasteiger partial charge in [-0.3, -0.25) is 5.32 Å². The third-order valence-electron chi connectivity index (χ3n) is 3.48. The highest BCUT2D eigenvalue weighted by Gasteiger charge is 2.25. The molecule has 1 N–H and O–H groups in total. The number of ether oxygens (including phenoxy) is 1. The zero-order chi connectivity index (χ0) is 13.8. The van der Waals surface area contributed by atoms with Gasteiger partial charge in [-0.15, -0.1) is 0 Å². The van der Waals surface area contributed by atoms with E-state index in [2.05, 4.69) is 12.2 Å². The molecule has 0 bridgehead atoms. The summed E-state index contributed by atoms with van der Waals surface area (Å²) in [6.07, 6.45) is 3.88. The summed E-state index contributed by atoms with van der Waals surface area (Å²) in [4.78, 5) is 11.9. The number of benzene rings is 1. The maximum absolute atomic E-state index is 11.9.